The van der Waals surface area contributed by atoms with Crippen molar-refractivity contribution in [2.75, 3.05) is 6.61 Å². The number of halogens is 1. The molecule has 0 spiro atoms. The number of nitrogens with two attached hydrogens (primary N) is 1. The van der Waals surface area contributed by atoms with Gasteiger partial charge in [0.05, 0.1) is 23.5 Å². The van der Waals surface area contributed by atoms with E-state index in [4.69, 9.17) is 31.2 Å². The minimum atomic E-state index is -0.831. The number of hydrogen-bond acceptors (Lipinski definition) is 6. The van der Waals surface area contributed by atoms with Crippen LogP contribution < -0.4 is 16.1 Å². The fourth-order valence-corrected chi connectivity index (χ4v) is 3.59. The number of esters is 1. The molecule has 1 aliphatic heterocycles. The third-order valence-corrected chi connectivity index (χ3v) is 4.77. The van der Waals surface area contributed by atoms with Gasteiger partial charge in [-0.05, 0) is 36.8 Å². The van der Waals surface area contributed by atoms with Crippen molar-refractivity contribution >= 4 is 28.5 Å². The molecule has 7 heteroatoms. The van der Waals surface area contributed by atoms with Crippen LogP contribution in [0.15, 0.2) is 69.2 Å². The summed E-state index contributed by atoms with van der Waals surface area (Å²) in [5.74, 6) is -1.35. The maximum absolute atomic E-state index is 12.9. The van der Waals surface area contributed by atoms with E-state index in [1.165, 1.54) is 0 Å². The van der Waals surface area contributed by atoms with Gasteiger partial charge >= 0.3 is 11.6 Å². The van der Waals surface area contributed by atoms with Crippen LogP contribution in [0.1, 0.15) is 24.0 Å². The summed E-state index contributed by atoms with van der Waals surface area (Å²) >= 11 is 6.15. The van der Waals surface area contributed by atoms with Gasteiger partial charge in [0.25, 0.3) is 0 Å². The van der Waals surface area contributed by atoms with Crippen LogP contribution in [0.25, 0.3) is 11.0 Å². The molecule has 4 rings (SSSR count). The van der Waals surface area contributed by atoms with Crippen molar-refractivity contribution in [2.45, 2.75) is 12.8 Å². The van der Waals surface area contributed by atoms with Crippen molar-refractivity contribution in [1.82, 2.24) is 0 Å². The molecule has 1 atom stereocenters. The molecule has 2 N–H and O–H groups in total. The lowest BCUT2D eigenvalue weighted by Gasteiger charge is -2.28. The number of carbonyl (C=O) groups excluding carboxylic acids is 1. The van der Waals surface area contributed by atoms with E-state index in [-0.39, 0.29) is 29.4 Å². The summed E-state index contributed by atoms with van der Waals surface area (Å²) < 4.78 is 16.4. The topological polar surface area (TPSA) is 91.8 Å². The second-order valence-electron chi connectivity index (χ2n) is 6.22. The van der Waals surface area contributed by atoms with Gasteiger partial charge in [-0.2, -0.15) is 0 Å². The van der Waals surface area contributed by atoms with E-state index in [2.05, 4.69) is 0 Å². The minimum Gasteiger partial charge on any atom is -0.462 e. The summed E-state index contributed by atoms with van der Waals surface area (Å²) in [6, 6.07) is 13.8. The number of carbonyl (C=O) groups is 1. The molecule has 0 fully saturated rings. The number of hydrogen-bond donors (Lipinski definition) is 1. The molecule has 0 saturated carbocycles. The highest BCUT2D eigenvalue weighted by molar-refractivity contribution is 6.30. The molecule has 1 aliphatic rings. The van der Waals surface area contributed by atoms with Crippen LogP contribution in [0.5, 0.6) is 5.75 Å². The SMILES string of the molecule is CCOC(=O)C1=C(N)Oc2c(c(=O)oc3ccccc23)[C@H]1c1cccc(Cl)c1. The minimum absolute atomic E-state index is 0.0409. The average molecular weight is 398 g/mol. The first-order valence-electron chi connectivity index (χ1n) is 8.67. The van der Waals surface area contributed by atoms with Crippen molar-refractivity contribution in [1.29, 1.82) is 0 Å². The molecule has 6 nitrogen and oxygen atoms in total. The molecule has 1 aromatic heterocycles. The van der Waals surface area contributed by atoms with E-state index >= 15 is 0 Å². The summed E-state index contributed by atoms with van der Waals surface area (Å²) in [6.07, 6.45) is 0. The third-order valence-electron chi connectivity index (χ3n) is 4.53. The van der Waals surface area contributed by atoms with Crippen molar-refractivity contribution < 1.29 is 18.7 Å². The first kappa shape index (κ1) is 18.1. The second kappa shape index (κ2) is 7.05. The fraction of sp³-hybridized carbons (Fsp3) is 0.143. The zero-order chi connectivity index (χ0) is 19.8. The van der Waals surface area contributed by atoms with E-state index in [1.54, 1.807) is 55.5 Å². The normalized spacial score (nSPS) is 15.9. The standard InChI is InChI=1S/C21H16ClNO5/c1-2-26-20(24)17-15(11-6-5-7-12(22)10-11)16-18(28-19(17)23)13-8-3-4-9-14(13)27-21(16)25/h3-10,15H,2,23H2,1H3/t15-/m1/s1. The quantitative estimate of drug-likeness (QED) is 0.535. The van der Waals surface area contributed by atoms with Crippen LogP contribution >= 0.6 is 11.6 Å². The van der Waals surface area contributed by atoms with Gasteiger partial charge in [0.1, 0.15) is 11.2 Å². The fourth-order valence-electron chi connectivity index (χ4n) is 3.39. The van der Waals surface area contributed by atoms with Gasteiger partial charge in [-0.25, -0.2) is 9.59 Å². The van der Waals surface area contributed by atoms with Crippen LogP contribution in [-0.4, -0.2) is 12.6 Å². The van der Waals surface area contributed by atoms with Crippen LogP contribution in [0.2, 0.25) is 5.02 Å². The summed E-state index contributed by atoms with van der Waals surface area (Å²) in [5.41, 5.74) is 6.69. The molecule has 0 amide bonds. The Balaban J connectivity index is 2.05. The van der Waals surface area contributed by atoms with E-state index in [9.17, 15) is 9.59 Å². The smallest absolute Gasteiger partial charge is 0.344 e. The number of para-hydroxylation sites is 1. The number of rotatable bonds is 3. The zero-order valence-corrected chi connectivity index (χ0v) is 15.7. The largest absolute Gasteiger partial charge is 0.462 e. The van der Waals surface area contributed by atoms with Gasteiger partial charge in [-0.1, -0.05) is 35.9 Å². The Morgan fingerprint density at radius 3 is 2.75 bits per heavy atom. The Morgan fingerprint density at radius 2 is 2.00 bits per heavy atom. The molecule has 3 aromatic rings. The molecule has 0 bridgehead atoms. The molecular weight excluding hydrogens is 382 g/mol. The van der Waals surface area contributed by atoms with Crippen molar-refractivity contribution in [3.05, 3.63) is 86.6 Å². The summed E-state index contributed by atoms with van der Waals surface area (Å²) in [6.45, 7) is 1.83. The molecule has 2 aromatic carbocycles. The predicted octanol–water partition coefficient (Wildman–Crippen LogP) is 3.70. The van der Waals surface area contributed by atoms with Gasteiger partial charge in [0.2, 0.25) is 5.88 Å². The van der Waals surface area contributed by atoms with E-state index in [0.717, 1.165) is 0 Å². The van der Waals surface area contributed by atoms with Crippen LogP contribution in [0.3, 0.4) is 0 Å². The van der Waals surface area contributed by atoms with E-state index in [0.29, 0.717) is 21.6 Å². The lowest BCUT2D eigenvalue weighted by atomic mass is 9.83. The van der Waals surface area contributed by atoms with Crippen molar-refractivity contribution in [2.24, 2.45) is 5.73 Å². The summed E-state index contributed by atoms with van der Waals surface area (Å²) in [5, 5.41) is 1.03. The second-order valence-corrected chi connectivity index (χ2v) is 6.65. The highest BCUT2D eigenvalue weighted by Crippen LogP contribution is 2.44. The van der Waals surface area contributed by atoms with Crippen LogP contribution in [0.4, 0.5) is 0 Å². The highest BCUT2D eigenvalue weighted by Gasteiger charge is 2.39. The van der Waals surface area contributed by atoms with Crippen molar-refractivity contribution in [3.63, 3.8) is 0 Å². The van der Waals surface area contributed by atoms with Crippen molar-refractivity contribution in [3.8, 4) is 5.75 Å². The molecule has 28 heavy (non-hydrogen) atoms. The number of benzene rings is 2. The van der Waals surface area contributed by atoms with Crippen LogP contribution in [-0.2, 0) is 9.53 Å². The molecular formula is C21H16ClNO5. The Hall–Kier alpha value is -3.25. The Bertz CT molecular complexity index is 1180. The van der Waals surface area contributed by atoms with Gasteiger partial charge in [0, 0.05) is 5.02 Å². The maximum Gasteiger partial charge on any atom is 0.344 e. The van der Waals surface area contributed by atoms with E-state index < -0.39 is 17.5 Å². The first-order chi connectivity index (χ1) is 13.5. The van der Waals surface area contributed by atoms with Gasteiger partial charge < -0.3 is 19.6 Å². The van der Waals surface area contributed by atoms with Gasteiger partial charge in [-0.3, -0.25) is 0 Å². The monoisotopic (exact) mass is 397 g/mol. The molecule has 0 radical (unpaired) electrons. The number of fused-ring (bicyclic) bond motifs is 3. The van der Waals surface area contributed by atoms with Gasteiger partial charge in [0.15, 0.2) is 5.75 Å². The molecule has 0 saturated heterocycles. The summed E-state index contributed by atoms with van der Waals surface area (Å²) in [7, 11) is 0. The molecule has 0 unspecified atom stereocenters. The first-order valence-corrected chi connectivity index (χ1v) is 9.05. The molecule has 0 aliphatic carbocycles. The third kappa shape index (κ3) is 2.92. The highest BCUT2D eigenvalue weighted by atomic mass is 35.5. The molecule has 2 heterocycles. The Labute approximate surface area is 165 Å². The van der Waals surface area contributed by atoms with Crippen LogP contribution in [0, 0.1) is 0 Å². The van der Waals surface area contributed by atoms with Gasteiger partial charge in [-0.15, -0.1) is 0 Å². The van der Waals surface area contributed by atoms with E-state index in [1.807, 2.05) is 0 Å². The predicted molar refractivity (Wildman–Crippen MR) is 104 cm³/mol. The molecule has 142 valence electrons. The number of ether oxygens (including phenoxy) is 2. The summed E-state index contributed by atoms with van der Waals surface area (Å²) in [4.78, 5) is 25.5. The lowest BCUT2D eigenvalue weighted by molar-refractivity contribution is -0.139. The Morgan fingerprint density at radius 1 is 1.21 bits per heavy atom. The Kier molecular flexibility index (Phi) is 4.57. The average Bonchev–Trinajstić information content (AvgIpc) is 2.67. The lowest BCUT2D eigenvalue weighted by Crippen LogP contribution is -2.31. The maximum atomic E-state index is 12.9. The zero-order valence-electron chi connectivity index (χ0n) is 14.9.